The number of rotatable bonds is 15. The molecule has 14 nitrogen and oxygen atoms in total. The summed E-state index contributed by atoms with van der Waals surface area (Å²) in [4.78, 5) is 26.7. The molecule has 7 aromatic rings. The summed E-state index contributed by atoms with van der Waals surface area (Å²) >= 11 is 0. The van der Waals surface area contributed by atoms with Crippen LogP contribution in [0, 0.1) is 5.82 Å². The van der Waals surface area contributed by atoms with Crippen LogP contribution in [0.3, 0.4) is 0 Å². The standard InChI is InChI=1S/C44H44F3N11O3/c1-3-39(31(2)61-27-32-9-5-4-6-10-32)58-42(59)57(30-51-58)41-20-18-36(26-49-41)55-23-21-54(22-24-55)35-16-13-33(14-17-35)34-15-19-40(48-25-34)44(46,47)43(60,28-56-29-50-52-53-56)37-11-7-8-12-38(37)45/h4-20,25-26,29-31,39,60H,3,21-24,27-28H2,1-2H3/t31-,39-,43?/m0/s1. The van der Waals surface area contributed by atoms with Gasteiger partial charge in [-0.2, -0.15) is 13.9 Å². The molecule has 61 heavy (non-hydrogen) atoms. The Morgan fingerprint density at radius 3 is 2.13 bits per heavy atom. The second kappa shape index (κ2) is 17.5. The fraction of sp³-hybridized carbons (Fsp3) is 0.295. The summed E-state index contributed by atoms with van der Waals surface area (Å²) in [5.41, 5.74) is -0.328. The molecule has 3 atom stereocenters. The second-order valence-corrected chi connectivity index (χ2v) is 15.0. The molecular formula is C44H44F3N11O3. The van der Waals surface area contributed by atoms with Gasteiger partial charge < -0.3 is 19.6 Å². The predicted octanol–water partition coefficient (Wildman–Crippen LogP) is 6.18. The maximum atomic E-state index is 16.2. The molecule has 0 spiro atoms. The summed E-state index contributed by atoms with van der Waals surface area (Å²) < 4.78 is 57.3. The zero-order valence-corrected chi connectivity index (χ0v) is 33.5. The van der Waals surface area contributed by atoms with E-state index < -0.39 is 35.1 Å². The lowest BCUT2D eigenvalue weighted by Gasteiger charge is -2.37. The minimum absolute atomic E-state index is 0.238. The SMILES string of the molecule is CC[C@@H]([C@H](C)OCc1ccccc1)n1ncn(-c2ccc(N3CCN(c4ccc(-c5ccc(C(F)(F)C(O)(Cn6cnnn6)c6ccccc6F)nc5)cc4)CC3)cn2)c1=O. The second-order valence-electron chi connectivity index (χ2n) is 15.0. The third-order valence-electron chi connectivity index (χ3n) is 11.2. The van der Waals surface area contributed by atoms with Gasteiger partial charge in [0.2, 0.25) is 0 Å². The highest BCUT2D eigenvalue weighted by Gasteiger charge is 2.57. The van der Waals surface area contributed by atoms with Crippen LogP contribution in [-0.4, -0.2) is 81.9 Å². The van der Waals surface area contributed by atoms with E-state index in [1.165, 1.54) is 40.0 Å². The lowest BCUT2D eigenvalue weighted by Crippen LogP contribution is -2.48. The van der Waals surface area contributed by atoms with Crippen LogP contribution in [0.4, 0.5) is 24.5 Å². The van der Waals surface area contributed by atoms with Gasteiger partial charge in [0.25, 0.3) is 0 Å². The van der Waals surface area contributed by atoms with Crippen LogP contribution in [0.2, 0.25) is 0 Å². The molecule has 0 radical (unpaired) electrons. The van der Waals surface area contributed by atoms with E-state index >= 15 is 8.78 Å². The molecule has 3 aromatic carbocycles. The van der Waals surface area contributed by atoms with E-state index in [1.54, 1.807) is 6.20 Å². The number of pyridine rings is 2. The number of benzene rings is 3. The third kappa shape index (κ3) is 8.38. The number of halogens is 3. The molecule has 1 unspecified atom stereocenters. The summed E-state index contributed by atoms with van der Waals surface area (Å²) in [7, 11) is 0. The van der Waals surface area contributed by atoms with Crippen LogP contribution in [-0.2, 0) is 29.4 Å². The van der Waals surface area contributed by atoms with Crippen LogP contribution < -0.4 is 15.5 Å². The predicted molar refractivity (Wildman–Crippen MR) is 222 cm³/mol. The van der Waals surface area contributed by atoms with E-state index in [-0.39, 0.29) is 17.8 Å². The minimum Gasteiger partial charge on any atom is -0.377 e. The van der Waals surface area contributed by atoms with Crippen molar-refractivity contribution in [3.8, 4) is 16.9 Å². The van der Waals surface area contributed by atoms with Crippen molar-refractivity contribution in [2.75, 3.05) is 36.0 Å². The molecule has 314 valence electrons. The first kappa shape index (κ1) is 41.0. The van der Waals surface area contributed by atoms with Crippen LogP contribution in [0.5, 0.6) is 0 Å². The van der Waals surface area contributed by atoms with E-state index in [9.17, 15) is 14.3 Å². The van der Waals surface area contributed by atoms with Crippen molar-refractivity contribution < 1.29 is 23.0 Å². The Bertz CT molecular complexity index is 2560. The Morgan fingerprint density at radius 1 is 0.803 bits per heavy atom. The van der Waals surface area contributed by atoms with Gasteiger partial charge in [0.1, 0.15) is 30.0 Å². The van der Waals surface area contributed by atoms with Crippen LogP contribution in [0.15, 0.2) is 133 Å². The van der Waals surface area contributed by atoms with Gasteiger partial charge in [0.05, 0.1) is 37.2 Å². The van der Waals surface area contributed by atoms with Crippen molar-refractivity contribution in [3.63, 3.8) is 0 Å². The smallest absolute Gasteiger partial charge is 0.351 e. The molecule has 0 bridgehead atoms. The number of tetrazole rings is 1. The van der Waals surface area contributed by atoms with Gasteiger partial charge in [0.15, 0.2) is 5.60 Å². The number of aromatic nitrogens is 9. The lowest BCUT2D eigenvalue weighted by molar-refractivity contribution is -0.207. The van der Waals surface area contributed by atoms with Gasteiger partial charge in [-0.25, -0.2) is 28.1 Å². The molecule has 1 saturated heterocycles. The lowest BCUT2D eigenvalue weighted by atomic mass is 9.84. The van der Waals surface area contributed by atoms with Gasteiger partial charge in [0, 0.05) is 49.2 Å². The number of ether oxygens (including phenoxy) is 1. The molecule has 0 saturated carbocycles. The van der Waals surface area contributed by atoms with Gasteiger partial charge in [-0.05, 0) is 71.3 Å². The van der Waals surface area contributed by atoms with Gasteiger partial charge in [-0.3, -0.25) is 4.98 Å². The molecule has 1 fully saturated rings. The molecule has 8 rings (SSSR count). The summed E-state index contributed by atoms with van der Waals surface area (Å²) in [6.07, 6.45) is 6.08. The van der Waals surface area contributed by atoms with Crippen molar-refractivity contribution >= 4 is 11.4 Å². The first-order valence-corrected chi connectivity index (χ1v) is 20.0. The third-order valence-corrected chi connectivity index (χ3v) is 11.2. The number of piperazine rings is 1. The summed E-state index contributed by atoms with van der Waals surface area (Å²) in [6.45, 7) is 6.57. The maximum Gasteiger partial charge on any atom is 0.351 e. The fourth-order valence-corrected chi connectivity index (χ4v) is 7.71. The van der Waals surface area contributed by atoms with E-state index in [0.29, 0.717) is 24.4 Å². The van der Waals surface area contributed by atoms with E-state index in [2.05, 4.69) is 40.4 Å². The highest BCUT2D eigenvalue weighted by molar-refractivity contribution is 5.66. The number of anilines is 2. The first-order valence-electron chi connectivity index (χ1n) is 20.0. The Balaban J connectivity index is 0.883. The quantitative estimate of drug-likeness (QED) is 0.127. The van der Waals surface area contributed by atoms with Crippen LogP contribution in [0.25, 0.3) is 16.9 Å². The Hall–Kier alpha value is -6.72. The highest BCUT2D eigenvalue weighted by Crippen LogP contribution is 2.46. The molecule has 0 aliphatic carbocycles. The Morgan fingerprint density at radius 2 is 1.49 bits per heavy atom. The van der Waals surface area contributed by atoms with Crippen molar-refractivity contribution in [2.24, 2.45) is 0 Å². The van der Waals surface area contributed by atoms with Crippen molar-refractivity contribution in [3.05, 3.63) is 161 Å². The molecular weight excluding hydrogens is 788 g/mol. The number of alkyl halides is 2. The topological polar surface area (TPSA) is 145 Å². The number of aliphatic hydroxyl groups is 1. The molecule has 4 aromatic heterocycles. The molecule has 1 aliphatic heterocycles. The van der Waals surface area contributed by atoms with Crippen molar-refractivity contribution in [2.45, 2.75) is 57.1 Å². The average molecular weight is 832 g/mol. The zero-order valence-electron chi connectivity index (χ0n) is 33.5. The molecule has 1 aliphatic rings. The van der Waals surface area contributed by atoms with Crippen LogP contribution >= 0.6 is 0 Å². The van der Waals surface area contributed by atoms with Crippen molar-refractivity contribution in [1.29, 1.82) is 0 Å². The molecule has 0 amide bonds. The fourth-order valence-electron chi connectivity index (χ4n) is 7.71. The molecule has 5 heterocycles. The van der Waals surface area contributed by atoms with E-state index in [1.807, 2.05) is 80.6 Å². The Kier molecular flexibility index (Phi) is 11.8. The first-order chi connectivity index (χ1) is 29.6. The van der Waals surface area contributed by atoms with Crippen molar-refractivity contribution in [1.82, 2.24) is 44.5 Å². The van der Waals surface area contributed by atoms with Gasteiger partial charge in [-0.15, -0.1) is 5.10 Å². The average Bonchev–Trinajstić information content (AvgIpc) is 3.96. The number of nitrogens with zero attached hydrogens (tertiary/aromatic N) is 11. The van der Waals surface area contributed by atoms with E-state index in [4.69, 9.17) is 4.74 Å². The number of hydrogen-bond acceptors (Lipinski definition) is 11. The number of hydrogen-bond donors (Lipinski definition) is 1. The maximum absolute atomic E-state index is 16.2. The summed E-state index contributed by atoms with van der Waals surface area (Å²) in [5.74, 6) is -4.56. The molecule has 1 N–H and O–H groups in total. The molecule has 17 heteroatoms. The van der Waals surface area contributed by atoms with Crippen LogP contribution in [0.1, 0.15) is 43.1 Å². The normalized spacial score (nSPS) is 15.4. The summed E-state index contributed by atoms with van der Waals surface area (Å²) in [5, 5.41) is 26.4. The largest absolute Gasteiger partial charge is 0.377 e. The Labute approximate surface area is 349 Å². The van der Waals surface area contributed by atoms with Gasteiger partial charge >= 0.3 is 11.6 Å². The highest BCUT2D eigenvalue weighted by atomic mass is 19.3. The van der Waals surface area contributed by atoms with Gasteiger partial charge in [-0.1, -0.05) is 73.7 Å². The van der Waals surface area contributed by atoms with E-state index in [0.717, 1.165) is 77.9 Å². The minimum atomic E-state index is -4.04. The monoisotopic (exact) mass is 831 g/mol. The zero-order chi connectivity index (χ0) is 42.6. The summed E-state index contributed by atoms with van der Waals surface area (Å²) in [6, 6.07) is 28.7.